The molecule has 2 aromatic carbocycles. The van der Waals surface area contributed by atoms with Gasteiger partial charge >= 0.3 is 12.1 Å². The summed E-state index contributed by atoms with van der Waals surface area (Å²) in [6.45, 7) is -0.0134. The predicted molar refractivity (Wildman–Crippen MR) is 89.1 cm³/mol. The number of fused-ring (bicyclic) bond motifs is 3. The van der Waals surface area contributed by atoms with E-state index in [1.165, 1.54) is 10.7 Å². The Morgan fingerprint density at radius 1 is 1.11 bits per heavy atom. The molecule has 0 unspecified atom stereocenters. The molecular weight excluding hydrogens is 361 g/mol. The van der Waals surface area contributed by atoms with Gasteiger partial charge in [-0.15, -0.1) is 5.10 Å². The monoisotopic (exact) mass is 372 g/mol. The zero-order chi connectivity index (χ0) is 19.2. The molecule has 27 heavy (non-hydrogen) atoms. The van der Waals surface area contributed by atoms with Crippen LogP contribution in [0.15, 0.2) is 53.5 Å². The number of nitrogens with zero attached hydrogens (tertiary/aromatic N) is 4. The van der Waals surface area contributed by atoms with Crippen LogP contribution in [0.5, 0.6) is 0 Å². The normalized spacial score (nSPS) is 13.4. The molecule has 1 aromatic heterocycles. The highest BCUT2D eigenvalue weighted by atomic mass is 19.4. The van der Waals surface area contributed by atoms with Crippen molar-refractivity contribution in [2.45, 2.75) is 12.7 Å². The van der Waals surface area contributed by atoms with Crippen molar-refractivity contribution >= 4 is 11.7 Å². The van der Waals surface area contributed by atoms with Crippen LogP contribution in [-0.4, -0.2) is 31.6 Å². The summed E-state index contributed by atoms with van der Waals surface area (Å²) < 4.78 is 41.0. The topological polar surface area (TPSA) is 80.4 Å². The van der Waals surface area contributed by atoms with Gasteiger partial charge in [-0.05, 0) is 18.2 Å². The number of aromatic nitrogens is 3. The second-order valence-corrected chi connectivity index (χ2v) is 5.83. The fourth-order valence-corrected chi connectivity index (χ4v) is 2.89. The second kappa shape index (κ2) is 6.04. The number of rotatable bonds is 2. The highest BCUT2D eigenvalue weighted by Crippen LogP contribution is 2.33. The largest absolute Gasteiger partial charge is 0.475 e. The Hall–Kier alpha value is -3.49. The quantitative estimate of drug-likeness (QED) is 0.748. The van der Waals surface area contributed by atoms with E-state index in [9.17, 15) is 18.0 Å². The Morgan fingerprint density at radius 3 is 2.52 bits per heavy atom. The zero-order valence-corrected chi connectivity index (χ0v) is 13.6. The van der Waals surface area contributed by atoms with E-state index >= 15 is 0 Å². The van der Waals surface area contributed by atoms with Crippen molar-refractivity contribution in [2.24, 2.45) is 4.99 Å². The van der Waals surface area contributed by atoms with Crippen LogP contribution in [0, 0.1) is 0 Å². The molecule has 0 aliphatic carbocycles. The number of alkyl halides is 3. The van der Waals surface area contributed by atoms with E-state index in [4.69, 9.17) is 5.11 Å². The maximum Gasteiger partial charge on any atom is 0.416 e. The second-order valence-electron chi connectivity index (χ2n) is 5.83. The summed E-state index contributed by atoms with van der Waals surface area (Å²) in [6, 6.07) is 12.0. The van der Waals surface area contributed by atoms with Crippen LogP contribution in [-0.2, 0) is 12.7 Å². The molecule has 3 aromatic rings. The van der Waals surface area contributed by atoms with Crippen molar-refractivity contribution in [2.75, 3.05) is 0 Å². The third kappa shape index (κ3) is 2.97. The standard InChI is InChI=1S/C18H11F3N4O2/c19-18(20,21)11-6-7-13-12(8-11)15(10-4-2-1-3-5-10)22-9-14-23-16(17(26)27)24-25(13)14/h1-8H,9H2,(H,26,27). The lowest BCUT2D eigenvalue weighted by Crippen LogP contribution is -2.12. The number of carboxylic acids is 1. The van der Waals surface area contributed by atoms with Crippen LogP contribution in [0.1, 0.15) is 33.1 Å². The van der Waals surface area contributed by atoms with Crippen molar-refractivity contribution < 1.29 is 23.1 Å². The molecule has 9 heteroatoms. The van der Waals surface area contributed by atoms with Crippen molar-refractivity contribution in [1.82, 2.24) is 14.8 Å². The summed E-state index contributed by atoms with van der Waals surface area (Å²) in [6.07, 6.45) is -4.53. The van der Waals surface area contributed by atoms with Crippen molar-refractivity contribution in [3.05, 3.63) is 76.9 Å². The van der Waals surface area contributed by atoms with E-state index < -0.39 is 23.5 Å². The lowest BCUT2D eigenvalue weighted by atomic mass is 9.98. The molecule has 0 amide bonds. The van der Waals surface area contributed by atoms with Crippen LogP contribution in [0.3, 0.4) is 0 Å². The molecule has 1 N–H and O–H groups in total. The average Bonchev–Trinajstić information content (AvgIpc) is 3.00. The van der Waals surface area contributed by atoms with Crippen LogP contribution < -0.4 is 0 Å². The molecule has 1 aliphatic heterocycles. The number of halogens is 3. The molecular formula is C18H11F3N4O2. The Labute approximate surface area is 150 Å². The average molecular weight is 372 g/mol. The Bertz CT molecular complexity index is 1070. The number of carboxylic acid groups (broad SMARTS) is 1. The number of aliphatic imine (C=N–C) groups is 1. The number of hydrogen-bond acceptors (Lipinski definition) is 4. The number of aromatic carboxylic acids is 1. The minimum Gasteiger partial charge on any atom is -0.475 e. The van der Waals surface area contributed by atoms with E-state index in [0.717, 1.165) is 12.1 Å². The summed E-state index contributed by atoms with van der Waals surface area (Å²) in [4.78, 5) is 19.5. The van der Waals surface area contributed by atoms with E-state index in [0.29, 0.717) is 11.3 Å². The molecule has 136 valence electrons. The van der Waals surface area contributed by atoms with E-state index in [-0.39, 0.29) is 23.6 Å². The van der Waals surface area contributed by atoms with E-state index in [1.54, 1.807) is 30.3 Å². The first-order chi connectivity index (χ1) is 12.8. The molecule has 2 heterocycles. The van der Waals surface area contributed by atoms with Crippen molar-refractivity contribution in [1.29, 1.82) is 0 Å². The van der Waals surface area contributed by atoms with Gasteiger partial charge in [0.25, 0.3) is 5.82 Å². The van der Waals surface area contributed by atoms with Crippen molar-refractivity contribution in [3.63, 3.8) is 0 Å². The van der Waals surface area contributed by atoms with Crippen molar-refractivity contribution in [3.8, 4) is 5.69 Å². The van der Waals surface area contributed by atoms with Gasteiger partial charge in [-0.1, -0.05) is 30.3 Å². The van der Waals surface area contributed by atoms with Gasteiger partial charge in [-0.25, -0.2) is 14.5 Å². The molecule has 0 bridgehead atoms. The molecule has 0 atom stereocenters. The summed E-state index contributed by atoms with van der Waals surface area (Å²) in [5.41, 5.74) is 0.671. The number of hydrogen-bond donors (Lipinski definition) is 1. The summed E-state index contributed by atoms with van der Waals surface area (Å²) in [5, 5.41) is 13.0. The Balaban J connectivity index is 1.98. The molecule has 0 radical (unpaired) electrons. The van der Waals surface area contributed by atoms with Gasteiger partial charge in [-0.2, -0.15) is 13.2 Å². The highest BCUT2D eigenvalue weighted by molar-refractivity contribution is 6.15. The molecule has 0 saturated carbocycles. The van der Waals surface area contributed by atoms with Crippen LogP contribution in [0.25, 0.3) is 5.69 Å². The third-order valence-corrected chi connectivity index (χ3v) is 4.10. The Kier molecular flexibility index (Phi) is 3.79. The van der Waals surface area contributed by atoms with Gasteiger partial charge in [-0.3, -0.25) is 4.99 Å². The number of carbonyl (C=O) groups is 1. The van der Waals surface area contributed by atoms with Crippen LogP contribution in [0.4, 0.5) is 13.2 Å². The minimum atomic E-state index is -4.53. The van der Waals surface area contributed by atoms with E-state index in [1.807, 2.05) is 0 Å². The predicted octanol–water partition coefficient (Wildman–Crippen LogP) is 3.34. The van der Waals surface area contributed by atoms with Crippen LogP contribution >= 0.6 is 0 Å². The smallest absolute Gasteiger partial charge is 0.416 e. The third-order valence-electron chi connectivity index (χ3n) is 4.10. The van der Waals surface area contributed by atoms with E-state index in [2.05, 4.69) is 15.1 Å². The van der Waals surface area contributed by atoms with Gasteiger partial charge in [0, 0.05) is 11.1 Å². The SMILES string of the molecule is O=C(O)c1nc2n(n1)-c1ccc(C(F)(F)F)cc1C(c1ccccc1)=NC2. The molecule has 1 aliphatic rings. The summed E-state index contributed by atoms with van der Waals surface area (Å²) in [7, 11) is 0. The van der Waals surface area contributed by atoms with Gasteiger partial charge in [0.05, 0.1) is 23.5 Å². The fraction of sp³-hybridized carbons (Fsp3) is 0.111. The van der Waals surface area contributed by atoms with Gasteiger partial charge in [0.2, 0.25) is 0 Å². The fourth-order valence-electron chi connectivity index (χ4n) is 2.89. The summed E-state index contributed by atoms with van der Waals surface area (Å²) in [5.74, 6) is -1.52. The molecule has 0 saturated heterocycles. The molecule has 6 nitrogen and oxygen atoms in total. The molecule has 0 fully saturated rings. The van der Waals surface area contributed by atoms with Crippen LogP contribution in [0.2, 0.25) is 0 Å². The first-order valence-corrected chi connectivity index (χ1v) is 7.85. The first-order valence-electron chi connectivity index (χ1n) is 7.85. The first kappa shape index (κ1) is 17.0. The maximum absolute atomic E-state index is 13.2. The van der Waals surface area contributed by atoms with Gasteiger partial charge < -0.3 is 5.11 Å². The lowest BCUT2D eigenvalue weighted by Gasteiger charge is -2.14. The van der Waals surface area contributed by atoms with Gasteiger partial charge in [0.1, 0.15) is 0 Å². The molecule has 0 spiro atoms. The maximum atomic E-state index is 13.2. The highest BCUT2D eigenvalue weighted by Gasteiger charge is 2.33. The zero-order valence-electron chi connectivity index (χ0n) is 13.6. The van der Waals surface area contributed by atoms with Gasteiger partial charge in [0.15, 0.2) is 5.82 Å². The number of benzene rings is 2. The minimum absolute atomic E-state index is 0.0134. The Morgan fingerprint density at radius 2 is 1.85 bits per heavy atom. The lowest BCUT2D eigenvalue weighted by molar-refractivity contribution is -0.137. The summed E-state index contributed by atoms with van der Waals surface area (Å²) >= 11 is 0. The molecule has 4 rings (SSSR count).